The standard InChI is InChI=1S/C8H6O4.4H2O.Ti/c9-7(10)5-2-1-3-6(4-5)8(11)12;;;;;/h1-4H,(H,9,10)(H,11,12);4*1H2;/q;;;;;+4/p-4. The Kier molecular flexibility index (Phi) is 5.96. The van der Waals surface area contributed by atoms with Gasteiger partial charge in [0.25, 0.3) is 0 Å². The van der Waals surface area contributed by atoms with Crippen LogP contribution in [0.3, 0.4) is 0 Å². The van der Waals surface area contributed by atoms with Crippen LogP contribution in [-0.4, -0.2) is 36.9 Å². The van der Waals surface area contributed by atoms with Gasteiger partial charge in [-0.15, -0.1) is 0 Å². The SMILES string of the molecule is O=C(O)c1cccc(C(=O)O)c1.[OH][Ti]([OH])([OH])[OH]. The Morgan fingerprint density at radius 3 is 1.41 bits per heavy atom. The Hall–Kier alpha value is -1.29. The zero-order valence-corrected chi connectivity index (χ0v) is 9.87. The van der Waals surface area contributed by atoms with Gasteiger partial charge in [0.05, 0.1) is 11.1 Å². The zero-order chi connectivity index (χ0) is 13.6. The summed E-state index contributed by atoms with van der Waals surface area (Å²) >= 11 is -5.00. The quantitative estimate of drug-likeness (QED) is 0.371. The van der Waals surface area contributed by atoms with Crippen LogP contribution in [0.1, 0.15) is 20.7 Å². The number of aromatic carboxylic acids is 2. The van der Waals surface area contributed by atoms with E-state index in [1.807, 2.05) is 0 Å². The van der Waals surface area contributed by atoms with Crippen LogP contribution in [0.15, 0.2) is 24.3 Å². The molecule has 17 heavy (non-hydrogen) atoms. The van der Waals surface area contributed by atoms with Crippen molar-refractivity contribution in [3.05, 3.63) is 35.4 Å². The summed E-state index contributed by atoms with van der Waals surface area (Å²) in [5, 5.41) is 17.0. The van der Waals surface area contributed by atoms with Crippen LogP contribution in [-0.2, 0) is 18.1 Å². The third-order valence-corrected chi connectivity index (χ3v) is 1.36. The number of carboxylic acid groups (broad SMARTS) is 2. The number of benzene rings is 1. The molecule has 0 bridgehead atoms. The normalized spacial score (nSPS) is 10.1. The number of carboxylic acids is 2. The Labute approximate surface area is 100 Å². The maximum absolute atomic E-state index is 10.4. The average Bonchev–Trinajstić information content (AvgIpc) is 2.15. The van der Waals surface area contributed by atoms with Crippen LogP contribution >= 0.6 is 0 Å². The van der Waals surface area contributed by atoms with E-state index in [0.29, 0.717) is 0 Å². The van der Waals surface area contributed by atoms with Gasteiger partial charge in [0, 0.05) is 0 Å². The van der Waals surface area contributed by atoms with Gasteiger partial charge in [0.2, 0.25) is 0 Å². The van der Waals surface area contributed by atoms with Crippen LogP contribution in [0.25, 0.3) is 0 Å². The molecular formula is C8H10O8Ti. The summed E-state index contributed by atoms with van der Waals surface area (Å²) in [6.45, 7) is 0. The van der Waals surface area contributed by atoms with Crippen molar-refractivity contribution in [2.75, 3.05) is 0 Å². The van der Waals surface area contributed by atoms with E-state index >= 15 is 0 Å². The molecule has 0 saturated heterocycles. The summed E-state index contributed by atoms with van der Waals surface area (Å²) in [5.41, 5.74) is -0.0372. The molecule has 6 N–H and O–H groups in total. The minimum absolute atomic E-state index is 0.0186. The van der Waals surface area contributed by atoms with E-state index in [9.17, 15) is 9.59 Å². The predicted octanol–water partition coefficient (Wildman–Crippen LogP) is -1.15. The molecule has 0 saturated carbocycles. The van der Waals surface area contributed by atoms with Crippen molar-refractivity contribution < 1.29 is 52.7 Å². The molecule has 0 amide bonds. The average molecular weight is 282 g/mol. The molecule has 0 atom stereocenters. The second-order valence-electron chi connectivity index (χ2n) is 2.79. The van der Waals surface area contributed by atoms with Gasteiger partial charge in [-0.05, 0) is 18.2 Å². The van der Waals surface area contributed by atoms with Crippen molar-refractivity contribution in [2.45, 2.75) is 0 Å². The van der Waals surface area contributed by atoms with E-state index < -0.39 is 30.1 Å². The fourth-order valence-corrected chi connectivity index (χ4v) is 0.785. The maximum atomic E-state index is 10.4. The third kappa shape index (κ3) is 8.51. The molecule has 0 aliphatic heterocycles. The summed E-state index contributed by atoms with van der Waals surface area (Å²) in [5.74, 6) is -2.25. The summed E-state index contributed by atoms with van der Waals surface area (Å²) in [6, 6.07) is 5.20. The molecule has 0 fully saturated rings. The van der Waals surface area contributed by atoms with Crippen molar-refractivity contribution in [1.29, 1.82) is 0 Å². The second-order valence-corrected chi connectivity index (χ2v) is 4.66. The molecule has 0 radical (unpaired) electrons. The minimum atomic E-state index is -5.00. The fourth-order valence-electron chi connectivity index (χ4n) is 0.785. The monoisotopic (exact) mass is 282 g/mol. The van der Waals surface area contributed by atoms with Crippen LogP contribution in [0, 0.1) is 0 Å². The molecule has 1 aromatic rings. The van der Waals surface area contributed by atoms with Gasteiger partial charge < -0.3 is 10.2 Å². The van der Waals surface area contributed by atoms with E-state index in [-0.39, 0.29) is 11.1 Å². The molecule has 0 aromatic heterocycles. The summed E-state index contributed by atoms with van der Waals surface area (Å²) in [7, 11) is 0. The van der Waals surface area contributed by atoms with Gasteiger partial charge in [0.15, 0.2) is 0 Å². The Morgan fingerprint density at radius 2 is 1.18 bits per heavy atom. The van der Waals surface area contributed by atoms with Crippen LogP contribution in [0.4, 0.5) is 0 Å². The molecule has 0 unspecified atom stereocenters. The zero-order valence-electron chi connectivity index (χ0n) is 8.31. The first-order valence-corrected chi connectivity index (χ1v) is 6.86. The van der Waals surface area contributed by atoms with Crippen molar-refractivity contribution in [3.8, 4) is 0 Å². The van der Waals surface area contributed by atoms with E-state index in [2.05, 4.69) is 0 Å². The van der Waals surface area contributed by atoms with Crippen LogP contribution in [0.5, 0.6) is 0 Å². The first-order valence-electron chi connectivity index (χ1n) is 4.07. The van der Waals surface area contributed by atoms with E-state index in [1.54, 1.807) is 0 Å². The molecule has 8 nitrogen and oxygen atoms in total. The van der Waals surface area contributed by atoms with Gasteiger partial charge in [-0.3, -0.25) is 0 Å². The topological polar surface area (TPSA) is 156 Å². The molecule has 94 valence electrons. The number of hydrogen-bond acceptors (Lipinski definition) is 6. The van der Waals surface area contributed by atoms with E-state index in [4.69, 9.17) is 25.0 Å². The van der Waals surface area contributed by atoms with Gasteiger partial charge in [-0.25, -0.2) is 9.59 Å². The van der Waals surface area contributed by atoms with Gasteiger partial charge in [-0.2, -0.15) is 0 Å². The molecule has 1 aromatic carbocycles. The van der Waals surface area contributed by atoms with Crippen molar-refractivity contribution in [2.24, 2.45) is 0 Å². The Balaban J connectivity index is 0.000000437. The van der Waals surface area contributed by atoms with Gasteiger partial charge in [-0.1, -0.05) is 6.07 Å². The number of hydrogen-bond donors (Lipinski definition) is 6. The van der Waals surface area contributed by atoms with Crippen molar-refractivity contribution in [1.82, 2.24) is 0 Å². The van der Waals surface area contributed by atoms with Crippen molar-refractivity contribution >= 4 is 11.9 Å². The third-order valence-electron chi connectivity index (χ3n) is 1.36. The number of carbonyl (C=O) groups is 2. The Morgan fingerprint density at radius 1 is 0.882 bits per heavy atom. The molecule has 1 rings (SSSR count). The molecule has 0 spiro atoms. The molecule has 0 aliphatic rings. The molecule has 0 heterocycles. The fraction of sp³-hybridized carbons (Fsp3) is 0. The summed E-state index contributed by atoms with van der Waals surface area (Å²) in [4.78, 5) is 20.8. The van der Waals surface area contributed by atoms with E-state index in [1.165, 1.54) is 18.2 Å². The molecule has 9 heteroatoms. The summed E-state index contributed by atoms with van der Waals surface area (Å²) < 4.78 is 29.5. The first-order chi connectivity index (χ1) is 7.61. The van der Waals surface area contributed by atoms with Gasteiger partial charge in [0.1, 0.15) is 0 Å². The summed E-state index contributed by atoms with van der Waals surface area (Å²) in [6.07, 6.45) is 0. The van der Waals surface area contributed by atoms with Crippen LogP contribution in [0.2, 0.25) is 0 Å². The van der Waals surface area contributed by atoms with Crippen molar-refractivity contribution in [3.63, 3.8) is 0 Å². The molecular weight excluding hydrogens is 272 g/mol. The van der Waals surface area contributed by atoms with E-state index in [0.717, 1.165) is 6.07 Å². The van der Waals surface area contributed by atoms with Crippen LogP contribution < -0.4 is 0 Å². The predicted molar refractivity (Wildman–Crippen MR) is 49.2 cm³/mol. The Bertz CT molecular complexity index is 375. The molecule has 0 aliphatic carbocycles. The first kappa shape index (κ1) is 15.7. The second kappa shape index (κ2) is 6.45. The number of rotatable bonds is 2. The van der Waals surface area contributed by atoms with Gasteiger partial charge >= 0.3 is 44.8 Å².